The smallest absolute Gasteiger partial charge is 0.323 e. The molecule has 0 spiro atoms. The van der Waals surface area contributed by atoms with Gasteiger partial charge in [0.1, 0.15) is 6.04 Å². The van der Waals surface area contributed by atoms with Gasteiger partial charge in [0.25, 0.3) is 0 Å². The molecule has 0 fully saturated rings. The van der Waals surface area contributed by atoms with Crippen molar-refractivity contribution in [1.82, 2.24) is 5.32 Å². The summed E-state index contributed by atoms with van der Waals surface area (Å²) in [6.45, 7) is 5.46. The van der Waals surface area contributed by atoms with Crippen LogP contribution in [-0.2, 0) is 9.53 Å². The van der Waals surface area contributed by atoms with Crippen molar-refractivity contribution < 1.29 is 14.3 Å². The van der Waals surface area contributed by atoms with Gasteiger partial charge >= 0.3 is 5.97 Å². The van der Waals surface area contributed by atoms with E-state index in [1.54, 1.807) is 45.0 Å². The predicted octanol–water partition coefficient (Wildman–Crippen LogP) is 2.85. The number of ketones is 1. The van der Waals surface area contributed by atoms with Crippen molar-refractivity contribution in [3.8, 4) is 12.3 Å². The Morgan fingerprint density at radius 2 is 1.95 bits per heavy atom. The second-order valence-electron chi connectivity index (χ2n) is 5.35. The average molecular weight is 322 g/mol. The van der Waals surface area contributed by atoms with E-state index in [2.05, 4.69) is 11.2 Å². The van der Waals surface area contributed by atoms with Gasteiger partial charge in [-0.05, 0) is 45.0 Å². The summed E-state index contributed by atoms with van der Waals surface area (Å²) in [5.41, 5.74) is -0.239. The molecule has 1 rings (SSSR count). The molecule has 0 saturated carbocycles. The van der Waals surface area contributed by atoms with Crippen molar-refractivity contribution in [2.75, 3.05) is 6.61 Å². The maximum Gasteiger partial charge on any atom is 0.323 e. The number of halogens is 1. The molecule has 118 valence electrons. The summed E-state index contributed by atoms with van der Waals surface area (Å²) >= 11 is 5.80. The first-order chi connectivity index (χ1) is 10.3. The summed E-state index contributed by atoms with van der Waals surface area (Å²) < 4.78 is 5.01. The lowest BCUT2D eigenvalue weighted by molar-refractivity contribution is -0.146. The van der Waals surface area contributed by atoms with Gasteiger partial charge in [-0.1, -0.05) is 17.5 Å². The number of terminal acetylenes is 1. The Balaban J connectivity index is 2.88. The molecule has 0 aliphatic rings. The van der Waals surface area contributed by atoms with Crippen molar-refractivity contribution >= 4 is 23.4 Å². The molecular formula is C17H20ClNO3. The summed E-state index contributed by atoms with van der Waals surface area (Å²) in [5, 5.41) is 3.53. The van der Waals surface area contributed by atoms with Gasteiger partial charge in [0, 0.05) is 17.0 Å². The molecule has 1 N–H and O–H groups in total. The van der Waals surface area contributed by atoms with Crippen molar-refractivity contribution in [2.45, 2.75) is 38.8 Å². The van der Waals surface area contributed by atoms with E-state index in [1.807, 2.05) is 0 Å². The van der Waals surface area contributed by atoms with Crippen molar-refractivity contribution in [2.24, 2.45) is 0 Å². The molecule has 0 amide bonds. The highest BCUT2D eigenvalue weighted by molar-refractivity contribution is 6.30. The van der Waals surface area contributed by atoms with E-state index in [4.69, 9.17) is 22.8 Å². The fraction of sp³-hybridized carbons (Fsp3) is 0.412. The molecule has 22 heavy (non-hydrogen) atoms. The van der Waals surface area contributed by atoms with Crippen LogP contribution in [0.4, 0.5) is 0 Å². The second-order valence-corrected chi connectivity index (χ2v) is 5.79. The number of benzene rings is 1. The number of carbonyl (C=O) groups is 2. The van der Waals surface area contributed by atoms with Crippen LogP contribution in [0, 0.1) is 12.3 Å². The first kappa shape index (κ1) is 18.2. The number of Topliss-reactive ketones (excluding diaryl/α,β-unsaturated/α-hetero) is 1. The minimum Gasteiger partial charge on any atom is -0.465 e. The minimum absolute atomic E-state index is 0.0361. The number of rotatable bonds is 7. The van der Waals surface area contributed by atoms with E-state index in [1.165, 1.54) is 0 Å². The highest BCUT2D eigenvalue weighted by Gasteiger charge is 2.28. The van der Waals surface area contributed by atoms with E-state index in [0.717, 1.165) is 0 Å². The first-order valence-electron chi connectivity index (χ1n) is 7.00. The largest absolute Gasteiger partial charge is 0.465 e. The third kappa shape index (κ3) is 5.51. The summed E-state index contributed by atoms with van der Waals surface area (Å²) in [4.78, 5) is 24.3. The second kappa shape index (κ2) is 7.98. The van der Waals surface area contributed by atoms with Gasteiger partial charge in [-0.2, -0.15) is 0 Å². The lowest BCUT2D eigenvalue weighted by Gasteiger charge is -2.26. The zero-order valence-electron chi connectivity index (χ0n) is 13.0. The Bertz CT molecular complexity index is 573. The number of ether oxygens (including phenoxy) is 1. The van der Waals surface area contributed by atoms with E-state index >= 15 is 0 Å². The molecule has 1 aromatic rings. The van der Waals surface area contributed by atoms with Gasteiger partial charge < -0.3 is 4.74 Å². The maximum absolute atomic E-state index is 12.3. The van der Waals surface area contributed by atoms with Crippen LogP contribution in [-0.4, -0.2) is 29.9 Å². The molecule has 5 heteroatoms. The van der Waals surface area contributed by atoms with Crippen LogP contribution in [0.1, 0.15) is 37.6 Å². The molecule has 0 radical (unpaired) electrons. The zero-order valence-corrected chi connectivity index (χ0v) is 13.7. The predicted molar refractivity (Wildman–Crippen MR) is 86.9 cm³/mol. The Kier molecular flexibility index (Phi) is 6.61. The van der Waals surface area contributed by atoms with Gasteiger partial charge in [0.2, 0.25) is 0 Å². The van der Waals surface area contributed by atoms with E-state index in [0.29, 0.717) is 10.6 Å². The van der Waals surface area contributed by atoms with Crippen LogP contribution in [0.2, 0.25) is 5.02 Å². The lowest BCUT2D eigenvalue weighted by atomic mass is 10.00. The molecule has 0 aromatic heterocycles. The fourth-order valence-electron chi connectivity index (χ4n) is 1.85. The quantitative estimate of drug-likeness (QED) is 0.476. The monoisotopic (exact) mass is 321 g/mol. The highest BCUT2D eigenvalue weighted by atomic mass is 35.5. The SMILES string of the molecule is C#CC(C)(C)NC(CC(=O)c1ccc(Cl)cc1)C(=O)OCC. The number of hydrogen-bond acceptors (Lipinski definition) is 4. The topological polar surface area (TPSA) is 55.4 Å². The highest BCUT2D eigenvalue weighted by Crippen LogP contribution is 2.14. The fourth-order valence-corrected chi connectivity index (χ4v) is 1.98. The normalized spacial score (nSPS) is 12.3. The van der Waals surface area contributed by atoms with Gasteiger partial charge in [0.05, 0.1) is 12.1 Å². The number of esters is 1. The Morgan fingerprint density at radius 1 is 1.36 bits per heavy atom. The van der Waals surface area contributed by atoms with Crippen LogP contribution in [0.3, 0.4) is 0 Å². The van der Waals surface area contributed by atoms with Crippen LogP contribution in [0.5, 0.6) is 0 Å². The third-order valence-corrected chi connectivity index (χ3v) is 3.27. The molecule has 0 heterocycles. The average Bonchev–Trinajstić information content (AvgIpc) is 2.47. The Labute approximate surface area is 136 Å². The van der Waals surface area contributed by atoms with Gasteiger partial charge in [-0.3, -0.25) is 14.9 Å². The number of hydrogen-bond donors (Lipinski definition) is 1. The van der Waals surface area contributed by atoms with E-state index in [-0.39, 0.29) is 18.8 Å². The van der Waals surface area contributed by atoms with Crippen molar-refractivity contribution in [3.05, 3.63) is 34.9 Å². The molecular weight excluding hydrogens is 302 g/mol. The van der Waals surface area contributed by atoms with Crippen LogP contribution in [0.25, 0.3) is 0 Å². The van der Waals surface area contributed by atoms with Crippen LogP contribution in [0.15, 0.2) is 24.3 Å². The Morgan fingerprint density at radius 3 is 2.45 bits per heavy atom. The minimum atomic E-state index is -0.797. The molecule has 0 aliphatic carbocycles. The first-order valence-corrected chi connectivity index (χ1v) is 7.37. The van der Waals surface area contributed by atoms with Gasteiger partial charge in [0.15, 0.2) is 5.78 Å². The van der Waals surface area contributed by atoms with Crippen molar-refractivity contribution in [3.63, 3.8) is 0 Å². The van der Waals surface area contributed by atoms with Gasteiger partial charge in [-0.25, -0.2) is 0 Å². The van der Waals surface area contributed by atoms with E-state index < -0.39 is 17.6 Å². The molecule has 0 aliphatic heterocycles. The summed E-state index contributed by atoms with van der Waals surface area (Å²) in [6.07, 6.45) is 5.39. The molecule has 1 unspecified atom stereocenters. The lowest BCUT2D eigenvalue weighted by Crippen LogP contribution is -2.50. The maximum atomic E-state index is 12.3. The number of nitrogens with one attached hydrogen (secondary N) is 1. The van der Waals surface area contributed by atoms with E-state index in [9.17, 15) is 9.59 Å². The van der Waals surface area contributed by atoms with Gasteiger partial charge in [-0.15, -0.1) is 6.42 Å². The molecule has 0 bridgehead atoms. The summed E-state index contributed by atoms with van der Waals surface area (Å²) in [7, 11) is 0. The summed E-state index contributed by atoms with van der Waals surface area (Å²) in [6, 6.07) is 5.72. The molecule has 1 aromatic carbocycles. The molecule has 4 nitrogen and oxygen atoms in total. The molecule has 1 atom stereocenters. The Hall–Kier alpha value is -1.83. The summed E-state index contributed by atoms with van der Waals surface area (Å²) in [5.74, 6) is 1.86. The van der Waals surface area contributed by atoms with Crippen LogP contribution < -0.4 is 5.32 Å². The van der Waals surface area contributed by atoms with Crippen molar-refractivity contribution in [1.29, 1.82) is 0 Å². The number of carbonyl (C=O) groups excluding carboxylic acids is 2. The standard InChI is InChI=1S/C17H20ClNO3/c1-5-17(3,4)19-14(16(21)22-6-2)11-15(20)12-7-9-13(18)10-8-12/h1,7-10,14,19H,6,11H2,2-4H3. The third-order valence-electron chi connectivity index (χ3n) is 3.02. The zero-order chi connectivity index (χ0) is 16.8. The molecule has 0 saturated heterocycles. The van der Waals surface area contributed by atoms with Crippen LogP contribution >= 0.6 is 11.6 Å².